The fourth-order valence-corrected chi connectivity index (χ4v) is 4.90. The van der Waals surface area contributed by atoms with Crippen LogP contribution in [0.3, 0.4) is 0 Å². The highest BCUT2D eigenvalue weighted by molar-refractivity contribution is 7.99. The average Bonchev–Trinajstić information content (AvgIpc) is 2.81. The van der Waals surface area contributed by atoms with E-state index in [0.717, 1.165) is 11.4 Å². The molecule has 0 amide bonds. The van der Waals surface area contributed by atoms with Crippen LogP contribution in [0.1, 0.15) is 43.6 Å². The first-order valence-corrected chi connectivity index (χ1v) is 12.4. The molecule has 1 atom stereocenters. The van der Waals surface area contributed by atoms with Crippen molar-refractivity contribution in [2.45, 2.75) is 45.7 Å². The minimum Gasteiger partial charge on any atom is -0.463 e. The van der Waals surface area contributed by atoms with Crippen LogP contribution < -0.4 is 5.32 Å². The number of ether oxygens (including phenoxy) is 2. The normalized spacial score (nSPS) is 15.4. The number of aromatic nitrogens is 2. The smallest absolute Gasteiger partial charge is 0.336 e. The Morgan fingerprint density at radius 1 is 1.03 bits per heavy atom. The Balaban J connectivity index is 2.17. The van der Waals surface area contributed by atoms with E-state index in [1.807, 2.05) is 19.9 Å². The SMILES string of the molecule is CCOC(=O)C1=C(C)NC(CSc2nc(C)cc(C)n2)=C(C(=O)OCC)C1c1cccc([N+](=O)[O-])c1. The second-order valence-corrected chi connectivity index (χ2v) is 8.95. The van der Waals surface area contributed by atoms with Crippen LogP contribution >= 0.6 is 11.8 Å². The zero-order valence-corrected chi connectivity index (χ0v) is 21.6. The molecular formula is C25H28N4O6S. The molecule has 1 unspecified atom stereocenters. The molecule has 10 nitrogen and oxygen atoms in total. The molecule has 11 heteroatoms. The summed E-state index contributed by atoms with van der Waals surface area (Å²) in [5.41, 5.74) is 3.24. The van der Waals surface area contributed by atoms with Gasteiger partial charge in [0.2, 0.25) is 0 Å². The maximum Gasteiger partial charge on any atom is 0.336 e. The summed E-state index contributed by atoms with van der Waals surface area (Å²) in [5, 5.41) is 15.2. The zero-order valence-electron chi connectivity index (χ0n) is 20.8. The number of nitrogens with one attached hydrogen (secondary N) is 1. The van der Waals surface area contributed by atoms with Crippen molar-refractivity contribution >= 4 is 29.4 Å². The topological polar surface area (TPSA) is 134 Å². The fourth-order valence-electron chi connectivity index (χ4n) is 3.99. The van der Waals surface area contributed by atoms with E-state index < -0.39 is 22.8 Å². The van der Waals surface area contributed by atoms with E-state index in [9.17, 15) is 19.7 Å². The van der Waals surface area contributed by atoms with E-state index in [1.165, 1.54) is 30.0 Å². The number of allylic oxidation sites excluding steroid dienone is 1. The Bertz CT molecular complexity index is 1240. The summed E-state index contributed by atoms with van der Waals surface area (Å²) in [4.78, 5) is 46.2. The van der Waals surface area contributed by atoms with Gasteiger partial charge in [-0.1, -0.05) is 23.9 Å². The first-order chi connectivity index (χ1) is 17.2. The first-order valence-electron chi connectivity index (χ1n) is 11.4. The molecule has 0 spiro atoms. The van der Waals surface area contributed by atoms with E-state index >= 15 is 0 Å². The van der Waals surface area contributed by atoms with Crippen molar-refractivity contribution in [2.75, 3.05) is 19.0 Å². The quantitative estimate of drug-likeness (QED) is 0.172. The number of nitro groups is 1. The molecule has 0 saturated carbocycles. The van der Waals surface area contributed by atoms with Crippen LogP contribution in [0.2, 0.25) is 0 Å². The lowest BCUT2D eigenvalue weighted by Gasteiger charge is -2.31. The van der Waals surface area contributed by atoms with Crippen molar-refractivity contribution in [3.63, 3.8) is 0 Å². The number of esters is 2. The maximum absolute atomic E-state index is 13.3. The lowest BCUT2D eigenvalue weighted by molar-refractivity contribution is -0.384. The van der Waals surface area contributed by atoms with Crippen molar-refractivity contribution in [2.24, 2.45) is 0 Å². The summed E-state index contributed by atoms with van der Waals surface area (Å²) < 4.78 is 10.7. The second kappa shape index (κ2) is 11.8. The van der Waals surface area contributed by atoms with Crippen molar-refractivity contribution in [3.8, 4) is 0 Å². The summed E-state index contributed by atoms with van der Waals surface area (Å²) >= 11 is 1.32. The molecule has 0 fully saturated rings. The minimum absolute atomic E-state index is 0.113. The van der Waals surface area contributed by atoms with E-state index in [1.54, 1.807) is 26.8 Å². The Kier molecular flexibility index (Phi) is 8.81. The number of benzene rings is 1. The summed E-state index contributed by atoms with van der Waals surface area (Å²) in [7, 11) is 0. The Hall–Kier alpha value is -3.73. The highest BCUT2D eigenvalue weighted by atomic mass is 32.2. The first kappa shape index (κ1) is 26.9. The fraction of sp³-hybridized carbons (Fsp3) is 0.360. The number of rotatable bonds is 9. The molecule has 0 saturated heterocycles. The Labute approximate surface area is 213 Å². The van der Waals surface area contributed by atoms with Gasteiger partial charge in [0.15, 0.2) is 5.16 Å². The van der Waals surface area contributed by atoms with Crippen LogP contribution in [0.5, 0.6) is 0 Å². The van der Waals surface area contributed by atoms with Gasteiger partial charge in [-0.25, -0.2) is 19.6 Å². The van der Waals surface area contributed by atoms with Crippen LogP contribution in [0, 0.1) is 24.0 Å². The predicted molar refractivity (Wildman–Crippen MR) is 134 cm³/mol. The summed E-state index contributed by atoms with van der Waals surface area (Å²) in [5.74, 6) is -1.91. The van der Waals surface area contributed by atoms with E-state index in [4.69, 9.17) is 9.47 Å². The largest absolute Gasteiger partial charge is 0.463 e. The number of nitro benzene ring substituents is 1. The molecule has 190 valence electrons. The Morgan fingerprint density at radius 3 is 2.22 bits per heavy atom. The van der Waals surface area contributed by atoms with Crippen molar-refractivity contribution in [3.05, 3.63) is 79.9 Å². The Morgan fingerprint density at radius 2 is 1.64 bits per heavy atom. The van der Waals surface area contributed by atoms with E-state index in [2.05, 4.69) is 15.3 Å². The molecule has 0 bridgehead atoms. The van der Waals surface area contributed by atoms with Gasteiger partial charge in [-0.05, 0) is 46.2 Å². The molecule has 0 radical (unpaired) electrons. The van der Waals surface area contributed by atoms with Crippen molar-refractivity contribution < 1.29 is 24.0 Å². The number of hydrogen-bond acceptors (Lipinski definition) is 10. The third kappa shape index (κ3) is 6.09. The number of carbonyl (C=O) groups excluding carboxylic acids is 2. The van der Waals surface area contributed by atoms with Crippen molar-refractivity contribution in [1.82, 2.24) is 15.3 Å². The molecule has 1 aliphatic heterocycles. The molecule has 1 aliphatic rings. The second-order valence-electron chi connectivity index (χ2n) is 8.00. The van der Waals surface area contributed by atoms with Gasteiger partial charge in [0, 0.05) is 40.7 Å². The third-order valence-corrected chi connectivity index (χ3v) is 6.23. The van der Waals surface area contributed by atoms with Gasteiger partial charge in [-0.15, -0.1) is 0 Å². The van der Waals surface area contributed by atoms with Gasteiger partial charge < -0.3 is 14.8 Å². The minimum atomic E-state index is -0.931. The van der Waals surface area contributed by atoms with Crippen LogP contribution in [0.25, 0.3) is 0 Å². The maximum atomic E-state index is 13.3. The van der Waals surface area contributed by atoms with E-state index in [0.29, 0.717) is 22.1 Å². The predicted octanol–water partition coefficient (Wildman–Crippen LogP) is 4.14. The van der Waals surface area contributed by atoms with Gasteiger partial charge >= 0.3 is 11.9 Å². The molecule has 2 heterocycles. The van der Waals surface area contributed by atoms with E-state index in [-0.39, 0.29) is 35.8 Å². The number of nitrogens with zero attached hydrogens (tertiary/aromatic N) is 3. The number of non-ortho nitro benzene ring substituents is 1. The van der Waals surface area contributed by atoms with Crippen LogP contribution in [0.4, 0.5) is 5.69 Å². The number of aryl methyl sites for hydroxylation is 2. The molecule has 2 aromatic rings. The van der Waals surface area contributed by atoms with Crippen molar-refractivity contribution in [1.29, 1.82) is 0 Å². The molecule has 1 N–H and O–H groups in total. The van der Waals surface area contributed by atoms with Crippen LogP contribution in [-0.4, -0.2) is 45.8 Å². The standard InChI is InChI=1S/C25H28N4O6S/c1-6-34-23(30)20-16(5)28-19(13-36-25-26-14(3)11-15(4)27-25)22(24(31)35-7-2)21(20)17-9-8-10-18(12-17)29(32)33/h8-12,21,28H,6-7,13H2,1-5H3. The number of hydrogen-bond donors (Lipinski definition) is 1. The van der Waals surface area contributed by atoms with Gasteiger partial charge in [0.05, 0.1) is 35.2 Å². The average molecular weight is 513 g/mol. The summed E-state index contributed by atoms with van der Waals surface area (Å²) in [6.45, 7) is 9.05. The van der Waals surface area contributed by atoms with Crippen LogP contribution in [-0.2, 0) is 19.1 Å². The van der Waals surface area contributed by atoms with Gasteiger partial charge in [0.1, 0.15) is 0 Å². The summed E-state index contributed by atoms with van der Waals surface area (Å²) in [6.07, 6.45) is 0. The number of dihydropyridines is 1. The molecule has 1 aromatic carbocycles. The zero-order chi connectivity index (χ0) is 26.4. The summed E-state index contributed by atoms with van der Waals surface area (Å²) in [6, 6.07) is 7.75. The molecular weight excluding hydrogens is 484 g/mol. The molecule has 0 aliphatic carbocycles. The lowest BCUT2D eigenvalue weighted by atomic mass is 9.80. The highest BCUT2D eigenvalue weighted by Gasteiger charge is 2.39. The monoisotopic (exact) mass is 512 g/mol. The van der Waals surface area contributed by atoms with Gasteiger partial charge in [-0.2, -0.15) is 0 Å². The third-order valence-electron chi connectivity index (χ3n) is 5.36. The number of carbonyl (C=O) groups is 2. The molecule has 1 aromatic heterocycles. The number of thioether (sulfide) groups is 1. The highest BCUT2D eigenvalue weighted by Crippen LogP contribution is 2.41. The van der Waals surface area contributed by atoms with Crippen LogP contribution in [0.15, 0.2) is 58.0 Å². The van der Waals surface area contributed by atoms with Gasteiger partial charge in [-0.3, -0.25) is 10.1 Å². The van der Waals surface area contributed by atoms with Gasteiger partial charge in [0.25, 0.3) is 5.69 Å². The molecule has 3 rings (SSSR count). The lowest BCUT2D eigenvalue weighted by Crippen LogP contribution is -2.34. The molecule has 36 heavy (non-hydrogen) atoms.